The predicted molar refractivity (Wildman–Crippen MR) is 52.8 cm³/mol. The van der Waals surface area contributed by atoms with Crippen LogP contribution in [0.25, 0.3) is 0 Å². The molecule has 8 heavy (non-hydrogen) atoms. The van der Waals surface area contributed by atoms with E-state index in [1.807, 2.05) is 0 Å². The van der Waals surface area contributed by atoms with Crippen LogP contribution < -0.4 is 0 Å². The van der Waals surface area contributed by atoms with Gasteiger partial charge in [0, 0.05) is 10.2 Å². The molecule has 0 aromatic carbocycles. The van der Waals surface area contributed by atoms with Gasteiger partial charge in [-0.15, -0.1) is 0 Å². The summed E-state index contributed by atoms with van der Waals surface area (Å²) in [4.78, 5) is 0.516. The summed E-state index contributed by atoms with van der Waals surface area (Å²) in [6.07, 6.45) is 1.13. The first-order valence-electron chi connectivity index (χ1n) is 2.16. The number of alkyl halides is 4. The lowest BCUT2D eigenvalue weighted by Crippen LogP contribution is -2.06. The van der Waals surface area contributed by atoms with Crippen molar-refractivity contribution in [3.05, 3.63) is 0 Å². The van der Waals surface area contributed by atoms with Gasteiger partial charge in [0.15, 0.2) is 0 Å². The van der Waals surface area contributed by atoms with Crippen molar-refractivity contribution in [2.24, 2.45) is 0 Å². The van der Waals surface area contributed by atoms with Gasteiger partial charge in [0.05, 0.1) is 3.74 Å². The van der Waals surface area contributed by atoms with Crippen LogP contribution in [0.3, 0.4) is 0 Å². The molecule has 0 aromatic rings. The van der Waals surface area contributed by atoms with Gasteiger partial charge in [-0.3, -0.25) is 0 Å². The molecule has 0 amide bonds. The minimum absolute atomic E-state index is 0.382. The van der Waals surface area contributed by atoms with Gasteiger partial charge in [0.25, 0.3) is 0 Å². The Morgan fingerprint density at radius 2 is 1.62 bits per heavy atom. The molecular weight excluding hydrogens is 368 g/mol. The van der Waals surface area contributed by atoms with Crippen molar-refractivity contribution in [3.63, 3.8) is 0 Å². The van der Waals surface area contributed by atoms with Crippen molar-refractivity contribution in [2.75, 3.05) is 5.33 Å². The second kappa shape index (κ2) is 5.69. The third-order valence-corrected chi connectivity index (χ3v) is 4.80. The zero-order valence-electron chi connectivity index (χ0n) is 4.08. The molecule has 0 nitrogen and oxygen atoms in total. The molecule has 0 rings (SSSR count). The van der Waals surface area contributed by atoms with E-state index >= 15 is 0 Å². The van der Waals surface area contributed by atoms with E-state index < -0.39 is 0 Å². The fourth-order valence-electron chi connectivity index (χ4n) is 0.230. The SMILES string of the molecule is BrCCC(Br)C(Br)Br. The van der Waals surface area contributed by atoms with E-state index in [0.29, 0.717) is 8.56 Å². The van der Waals surface area contributed by atoms with Gasteiger partial charge in [-0.1, -0.05) is 63.7 Å². The first-order valence-corrected chi connectivity index (χ1v) is 6.03. The predicted octanol–water partition coefficient (Wildman–Crippen LogP) is 3.65. The molecule has 0 bridgehead atoms. The van der Waals surface area contributed by atoms with E-state index in [4.69, 9.17) is 0 Å². The van der Waals surface area contributed by atoms with Crippen molar-refractivity contribution in [3.8, 4) is 0 Å². The van der Waals surface area contributed by atoms with Crippen molar-refractivity contribution in [2.45, 2.75) is 15.0 Å². The summed E-state index contributed by atoms with van der Waals surface area (Å²) in [5.41, 5.74) is 0. The maximum atomic E-state index is 3.48. The highest BCUT2D eigenvalue weighted by atomic mass is 79.9. The Labute approximate surface area is 83.3 Å². The summed E-state index contributed by atoms with van der Waals surface area (Å²) in [5.74, 6) is 0. The summed E-state index contributed by atoms with van der Waals surface area (Å²) in [6.45, 7) is 0. The van der Waals surface area contributed by atoms with Crippen LogP contribution in [-0.2, 0) is 0 Å². The number of rotatable bonds is 3. The molecule has 0 spiro atoms. The van der Waals surface area contributed by atoms with Crippen LogP contribution in [0.5, 0.6) is 0 Å². The number of hydrogen-bond acceptors (Lipinski definition) is 0. The van der Waals surface area contributed by atoms with Gasteiger partial charge in [-0.05, 0) is 6.42 Å². The molecule has 0 N–H and O–H groups in total. The molecule has 0 saturated carbocycles. The normalized spacial score (nSPS) is 14.6. The van der Waals surface area contributed by atoms with Gasteiger partial charge in [-0.2, -0.15) is 0 Å². The number of halogens is 4. The van der Waals surface area contributed by atoms with Crippen LogP contribution >= 0.6 is 63.7 Å². The first-order chi connectivity index (χ1) is 3.68. The maximum Gasteiger partial charge on any atom is 0.0822 e. The third kappa shape index (κ3) is 4.77. The molecule has 0 fully saturated rings. The lowest BCUT2D eigenvalue weighted by molar-refractivity contribution is 0.936. The zero-order valence-corrected chi connectivity index (χ0v) is 10.4. The minimum Gasteiger partial charge on any atom is -0.0928 e. The molecule has 0 saturated heterocycles. The van der Waals surface area contributed by atoms with Crippen LogP contribution in [0.4, 0.5) is 0 Å². The summed E-state index contributed by atoms with van der Waals surface area (Å²) in [6, 6.07) is 0. The number of hydrogen-bond donors (Lipinski definition) is 0. The average molecular weight is 374 g/mol. The Morgan fingerprint density at radius 3 is 1.75 bits per heavy atom. The van der Waals surface area contributed by atoms with Crippen LogP contribution in [0, 0.1) is 0 Å². The molecule has 50 valence electrons. The molecule has 0 aliphatic heterocycles. The molecule has 0 heterocycles. The molecule has 1 unspecified atom stereocenters. The Balaban J connectivity index is 3.17. The molecule has 4 heteroatoms. The van der Waals surface area contributed by atoms with Crippen molar-refractivity contribution in [1.29, 1.82) is 0 Å². The lowest BCUT2D eigenvalue weighted by atomic mass is 10.4. The van der Waals surface area contributed by atoms with E-state index in [1.54, 1.807) is 0 Å². The summed E-state index contributed by atoms with van der Waals surface area (Å²) >= 11 is 13.6. The summed E-state index contributed by atoms with van der Waals surface area (Å²) in [7, 11) is 0. The lowest BCUT2D eigenvalue weighted by Gasteiger charge is -2.06. The molecular formula is C4H6Br4. The second-order valence-corrected chi connectivity index (χ2v) is 6.50. The zero-order chi connectivity index (χ0) is 6.57. The fourth-order valence-corrected chi connectivity index (χ4v) is 2.10. The molecule has 1 atom stereocenters. The molecule has 0 aliphatic rings. The van der Waals surface area contributed by atoms with E-state index in [2.05, 4.69) is 63.7 Å². The summed E-state index contributed by atoms with van der Waals surface area (Å²) in [5, 5.41) is 1.04. The average Bonchev–Trinajstić information content (AvgIpc) is 1.67. The highest BCUT2D eigenvalue weighted by Crippen LogP contribution is 2.23. The fraction of sp³-hybridized carbons (Fsp3) is 1.00. The Kier molecular flexibility index (Phi) is 7.05. The quantitative estimate of drug-likeness (QED) is 0.663. The van der Waals surface area contributed by atoms with Gasteiger partial charge in [-0.25, -0.2) is 0 Å². The van der Waals surface area contributed by atoms with Crippen LogP contribution in [0.15, 0.2) is 0 Å². The smallest absolute Gasteiger partial charge is 0.0822 e. The third-order valence-electron chi connectivity index (χ3n) is 0.658. The minimum atomic E-state index is 0.382. The van der Waals surface area contributed by atoms with Crippen LogP contribution in [0.2, 0.25) is 0 Å². The van der Waals surface area contributed by atoms with E-state index in [0.717, 1.165) is 11.8 Å². The first kappa shape index (κ1) is 9.92. The second-order valence-electron chi connectivity index (χ2n) is 1.33. The van der Waals surface area contributed by atoms with Crippen molar-refractivity contribution < 1.29 is 0 Å². The van der Waals surface area contributed by atoms with Crippen molar-refractivity contribution in [1.82, 2.24) is 0 Å². The highest BCUT2D eigenvalue weighted by molar-refractivity contribution is 9.25. The van der Waals surface area contributed by atoms with Crippen LogP contribution in [0.1, 0.15) is 6.42 Å². The van der Waals surface area contributed by atoms with E-state index in [1.165, 1.54) is 0 Å². The molecule has 0 radical (unpaired) electrons. The summed E-state index contributed by atoms with van der Waals surface area (Å²) < 4.78 is 0.382. The Morgan fingerprint density at radius 1 is 1.12 bits per heavy atom. The molecule has 0 aromatic heterocycles. The Bertz CT molecular complexity index is 54.0. The standard InChI is InChI=1S/C4H6Br4/c5-2-1-3(6)4(7)8/h3-4H,1-2H2. The molecule has 0 aliphatic carbocycles. The highest BCUT2D eigenvalue weighted by Gasteiger charge is 2.09. The van der Waals surface area contributed by atoms with Crippen molar-refractivity contribution >= 4 is 63.7 Å². The topological polar surface area (TPSA) is 0 Å². The van der Waals surface area contributed by atoms with Gasteiger partial charge in [0.1, 0.15) is 0 Å². The van der Waals surface area contributed by atoms with E-state index in [9.17, 15) is 0 Å². The van der Waals surface area contributed by atoms with Gasteiger partial charge < -0.3 is 0 Å². The Hall–Kier alpha value is 1.92. The van der Waals surface area contributed by atoms with Gasteiger partial charge in [0.2, 0.25) is 0 Å². The van der Waals surface area contributed by atoms with Crippen LogP contribution in [-0.4, -0.2) is 13.9 Å². The maximum absolute atomic E-state index is 3.48. The monoisotopic (exact) mass is 370 g/mol. The van der Waals surface area contributed by atoms with E-state index in [-0.39, 0.29) is 0 Å². The largest absolute Gasteiger partial charge is 0.0928 e. The van der Waals surface area contributed by atoms with Gasteiger partial charge >= 0.3 is 0 Å².